The predicted molar refractivity (Wildman–Crippen MR) is 86.1 cm³/mol. The Morgan fingerprint density at radius 3 is 2.81 bits per heavy atom. The first-order valence-electron chi connectivity index (χ1n) is 7.75. The molecule has 0 aliphatic carbocycles. The van der Waals surface area contributed by atoms with Crippen LogP contribution in [0.3, 0.4) is 0 Å². The Kier molecular flexibility index (Phi) is 4.20. The van der Waals surface area contributed by atoms with E-state index in [1.54, 1.807) is 0 Å². The Morgan fingerprint density at radius 1 is 1.19 bits per heavy atom. The van der Waals surface area contributed by atoms with Gasteiger partial charge in [0.05, 0.1) is 0 Å². The highest BCUT2D eigenvalue weighted by Crippen LogP contribution is 2.20. The summed E-state index contributed by atoms with van der Waals surface area (Å²) in [6.45, 7) is 1.46. The molecular formula is C18H22N2O. The molecule has 1 saturated heterocycles. The lowest BCUT2D eigenvalue weighted by atomic mass is 10.0. The molecule has 2 aromatic rings. The van der Waals surface area contributed by atoms with E-state index in [9.17, 15) is 4.79 Å². The maximum atomic E-state index is 12.3. The lowest BCUT2D eigenvalue weighted by Gasteiger charge is -2.23. The summed E-state index contributed by atoms with van der Waals surface area (Å²) < 4.78 is 0. The monoisotopic (exact) mass is 282 g/mol. The molecule has 3 heteroatoms. The van der Waals surface area contributed by atoms with E-state index in [0.29, 0.717) is 13.0 Å². The van der Waals surface area contributed by atoms with Gasteiger partial charge in [-0.1, -0.05) is 42.5 Å². The van der Waals surface area contributed by atoms with Crippen molar-refractivity contribution in [2.75, 3.05) is 13.1 Å². The predicted octanol–water partition coefficient (Wildman–Crippen LogP) is 2.72. The summed E-state index contributed by atoms with van der Waals surface area (Å²) in [5.41, 5.74) is 6.96. The number of nitrogens with two attached hydrogens (primary N) is 1. The fourth-order valence-corrected chi connectivity index (χ4v) is 3.20. The summed E-state index contributed by atoms with van der Waals surface area (Å²) in [4.78, 5) is 14.3. The van der Waals surface area contributed by atoms with E-state index in [-0.39, 0.29) is 11.9 Å². The number of fused-ring (bicyclic) bond motifs is 1. The van der Waals surface area contributed by atoms with Crippen LogP contribution < -0.4 is 5.73 Å². The molecule has 3 rings (SSSR count). The third-order valence-electron chi connectivity index (χ3n) is 4.41. The highest BCUT2D eigenvalue weighted by molar-refractivity contribution is 5.83. The first kappa shape index (κ1) is 14.1. The topological polar surface area (TPSA) is 46.3 Å². The van der Waals surface area contributed by atoms with Gasteiger partial charge in [-0.3, -0.25) is 4.79 Å². The average molecular weight is 282 g/mol. The van der Waals surface area contributed by atoms with Gasteiger partial charge < -0.3 is 10.6 Å². The lowest BCUT2D eigenvalue weighted by Crippen LogP contribution is -2.39. The number of carbonyl (C=O) groups excluding carboxylic acids is 1. The normalized spacial score (nSPS) is 18.3. The average Bonchev–Trinajstić information content (AvgIpc) is 3.01. The van der Waals surface area contributed by atoms with Gasteiger partial charge in [0.2, 0.25) is 5.91 Å². The standard InChI is InChI=1S/C18H22N2O/c19-13-17-6-3-11-20(17)18(21)10-8-14-7-9-15-4-1-2-5-16(15)12-14/h1-2,4-5,7,9,12,17H,3,6,8,10-11,13,19H2. The Balaban J connectivity index is 1.64. The highest BCUT2D eigenvalue weighted by atomic mass is 16.2. The van der Waals surface area contributed by atoms with E-state index in [4.69, 9.17) is 5.73 Å². The molecule has 1 unspecified atom stereocenters. The Hall–Kier alpha value is -1.87. The van der Waals surface area contributed by atoms with Crippen molar-refractivity contribution in [1.82, 2.24) is 4.90 Å². The lowest BCUT2D eigenvalue weighted by molar-refractivity contribution is -0.131. The van der Waals surface area contributed by atoms with Crippen LogP contribution in [0.2, 0.25) is 0 Å². The SMILES string of the molecule is NCC1CCCN1C(=O)CCc1ccc2ccccc2c1. The Morgan fingerprint density at radius 2 is 2.00 bits per heavy atom. The zero-order valence-corrected chi connectivity index (χ0v) is 12.3. The van der Waals surface area contributed by atoms with Gasteiger partial charge in [-0.2, -0.15) is 0 Å². The van der Waals surface area contributed by atoms with Gasteiger partial charge >= 0.3 is 0 Å². The van der Waals surface area contributed by atoms with E-state index in [1.807, 2.05) is 17.0 Å². The van der Waals surface area contributed by atoms with Crippen LogP contribution >= 0.6 is 0 Å². The van der Waals surface area contributed by atoms with Gasteiger partial charge in [-0.15, -0.1) is 0 Å². The molecule has 2 aromatic carbocycles. The van der Waals surface area contributed by atoms with Gasteiger partial charge in [0, 0.05) is 25.6 Å². The molecule has 0 bridgehead atoms. The van der Waals surface area contributed by atoms with Crippen LogP contribution in [0.1, 0.15) is 24.8 Å². The van der Waals surface area contributed by atoms with Crippen molar-refractivity contribution in [2.24, 2.45) is 5.73 Å². The fourth-order valence-electron chi connectivity index (χ4n) is 3.20. The van der Waals surface area contributed by atoms with Crippen molar-refractivity contribution in [2.45, 2.75) is 31.7 Å². The van der Waals surface area contributed by atoms with Crippen molar-refractivity contribution in [1.29, 1.82) is 0 Å². The first-order valence-corrected chi connectivity index (χ1v) is 7.75. The van der Waals surface area contributed by atoms with E-state index in [1.165, 1.54) is 16.3 Å². The van der Waals surface area contributed by atoms with E-state index in [2.05, 4.69) is 30.3 Å². The molecule has 21 heavy (non-hydrogen) atoms. The molecule has 1 aliphatic heterocycles. The Bertz CT molecular complexity index is 638. The van der Waals surface area contributed by atoms with E-state index in [0.717, 1.165) is 25.8 Å². The summed E-state index contributed by atoms with van der Waals surface area (Å²) in [7, 11) is 0. The van der Waals surface area contributed by atoms with Crippen molar-refractivity contribution < 1.29 is 4.79 Å². The third kappa shape index (κ3) is 3.08. The first-order chi connectivity index (χ1) is 10.3. The van der Waals surface area contributed by atoms with Crippen LogP contribution in [0.15, 0.2) is 42.5 Å². The second kappa shape index (κ2) is 6.27. The molecule has 1 fully saturated rings. The highest BCUT2D eigenvalue weighted by Gasteiger charge is 2.26. The van der Waals surface area contributed by atoms with Gasteiger partial charge in [0.15, 0.2) is 0 Å². The summed E-state index contributed by atoms with van der Waals surface area (Å²) in [5.74, 6) is 0.246. The smallest absolute Gasteiger partial charge is 0.223 e. The zero-order chi connectivity index (χ0) is 14.7. The van der Waals surface area contributed by atoms with E-state index < -0.39 is 0 Å². The molecule has 110 valence electrons. The molecule has 1 atom stereocenters. The minimum Gasteiger partial charge on any atom is -0.338 e. The number of nitrogens with zero attached hydrogens (tertiary/aromatic N) is 1. The minimum atomic E-state index is 0.246. The number of rotatable bonds is 4. The van der Waals surface area contributed by atoms with Crippen molar-refractivity contribution in [3.05, 3.63) is 48.0 Å². The molecule has 1 heterocycles. The van der Waals surface area contributed by atoms with Crippen LogP contribution in [0.5, 0.6) is 0 Å². The number of benzene rings is 2. The number of aryl methyl sites for hydroxylation is 1. The molecule has 0 saturated carbocycles. The maximum absolute atomic E-state index is 12.3. The second-order valence-corrected chi connectivity index (χ2v) is 5.80. The summed E-state index contributed by atoms with van der Waals surface area (Å²) >= 11 is 0. The summed E-state index contributed by atoms with van der Waals surface area (Å²) in [5, 5.41) is 2.48. The van der Waals surface area contributed by atoms with Crippen LogP contribution in [-0.2, 0) is 11.2 Å². The van der Waals surface area contributed by atoms with Crippen molar-refractivity contribution >= 4 is 16.7 Å². The fraction of sp³-hybridized carbons (Fsp3) is 0.389. The molecular weight excluding hydrogens is 260 g/mol. The van der Waals surface area contributed by atoms with Gasteiger partial charge in [0.1, 0.15) is 0 Å². The number of amides is 1. The molecule has 3 nitrogen and oxygen atoms in total. The van der Waals surface area contributed by atoms with Crippen LogP contribution in [0.4, 0.5) is 0 Å². The van der Waals surface area contributed by atoms with Gasteiger partial charge in [-0.25, -0.2) is 0 Å². The third-order valence-corrected chi connectivity index (χ3v) is 4.41. The number of hydrogen-bond donors (Lipinski definition) is 1. The molecule has 0 aromatic heterocycles. The van der Waals surface area contributed by atoms with Crippen LogP contribution in [0.25, 0.3) is 10.8 Å². The number of likely N-dealkylation sites (tertiary alicyclic amines) is 1. The van der Waals surface area contributed by atoms with Crippen molar-refractivity contribution in [3.63, 3.8) is 0 Å². The second-order valence-electron chi connectivity index (χ2n) is 5.80. The summed E-state index contributed by atoms with van der Waals surface area (Å²) in [6, 6.07) is 15.0. The van der Waals surface area contributed by atoms with Crippen LogP contribution in [-0.4, -0.2) is 29.9 Å². The molecule has 1 aliphatic rings. The minimum absolute atomic E-state index is 0.246. The molecule has 1 amide bonds. The zero-order valence-electron chi connectivity index (χ0n) is 12.3. The van der Waals surface area contributed by atoms with Gasteiger partial charge in [0.25, 0.3) is 0 Å². The summed E-state index contributed by atoms with van der Waals surface area (Å²) in [6.07, 6.45) is 3.52. The number of hydrogen-bond acceptors (Lipinski definition) is 2. The quantitative estimate of drug-likeness (QED) is 0.937. The van der Waals surface area contributed by atoms with Crippen molar-refractivity contribution in [3.8, 4) is 0 Å². The number of carbonyl (C=O) groups is 1. The Labute approximate surface area is 125 Å². The molecule has 0 spiro atoms. The van der Waals surface area contributed by atoms with Gasteiger partial charge in [-0.05, 0) is 35.6 Å². The van der Waals surface area contributed by atoms with Crippen LogP contribution in [0, 0.1) is 0 Å². The largest absolute Gasteiger partial charge is 0.338 e. The molecule has 0 radical (unpaired) electrons. The van der Waals surface area contributed by atoms with E-state index >= 15 is 0 Å². The molecule has 2 N–H and O–H groups in total. The maximum Gasteiger partial charge on any atom is 0.223 e.